The van der Waals surface area contributed by atoms with Crippen LogP contribution in [0.25, 0.3) is 11.1 Å². The molecule has 1 aliphatic rings. The first-order valence-corrected chi connectivity index (χ1v) is 12.1. The lowest BCUT2D eigenvalue weighted by atomic mass is 9.91. The number of hydrogen-bond donors (Lipinski definition) is 1. The fraction of sp³-hybridized carbons (Fsp3) is 0.423. The van der Waals surface area contributed by atoms with Crippen molar-refractivity contribution in [1.82, 2.24) is 9.80 Å². The maximum absolute atomic E-state index is 13.8. The van der Waals surface area contributed by atoms with Gasteiger partial charge in [-0.3, -0.25) is 9.59 Å². The van der Waals surface area contributed by atoms with E-state index in [1.807, 2.05) is 20.8 Å². The van der Waals surface area contributed by atoms with Crippen LogP contribution in [0.3, 0.4) is 0 Å². The highest BCUT2D eigenvalue weighted by Gasteiger charge is 2.34. The summed E-state index contributed by atoms with van der Waals surface area (Å²) in [4.78, 5) is 41.3. The maximum Gasteiger partial charge on any atom is 0.283 e. The number of amides is 2. The van der Waals surface area contributed by atoms with Crippen molar-refractivity contribution in [2.45, 2.75) is 38.9 Å². The van der Waals surface area contributed by atoms with E-state index in [2.05, 4.69) is 5.32 Å². The number of nitrogens with one attached hydrogen (secondary N) is 1. The zero-order valence-corrected chi connectivity index (χ0v) is 21.6. The predicted octanol–water partition coefficient (Wildman–Crippen LogP) is 4.61. The van der Waals surface area contributed by atoms with Crippen LogP contribution >= 0.6 is 9.24 Å². The van der Waals surface area contributed by atoms with Gasteiger partial charge in [-0.15, -0.1) is 0 Å². The minimum atomic E-state index is -3.07. The van der Waals surface area contributed by atoms with Crippen LogP contribution in [-0.4, -0.2) is 60.6 Å². The number of halogens is 2. The third-order valence-corrected chi connectivity index (χ3v) is 6.30. The highest BCUT2D eigenvalue weighted by Crippen LogP contribution is 2.37. The number of aldehydes is 1. The molecular weight excluding hydrogens is 471 g/mol. The average molecular weight is 504 g/mol. The molecule has 0 spiro atoms. The van der Waals surface area contributed by atoms with E-state index in [4.69, 9.17) is 0 Å². The Morgan fingerprint density at radius 1 is 1.11 bits per heavy atom. The van der Waals surface area contributed by atoms with Crippen LogP contribution < -0.4 is 5.32 Å². The van der Waals surface area contributed by atoms with Crippen molar-refractivity contribution in [3.8, 4) is 11.1 Å². The van der Waals surface area contributed by atoms with Gasteiger partial charge in [0.2, 0.25) is 5.91 Å². The van der Waals surface area contributed by atoms with Crippen LogP contribution in [0.2, 0.25) is 0 Å². The SMILES string of the molecule is CNc1ccc(-c2cccc(C(F)(F)P)c2)cc1C(=O)N1CCN(C(=O)CC(C)(C)C)CC1C=O. The second-order valence-corrected chi connectivity index (χ2v) is 10.7. The topological polar surface area (TPSA) is 69.7 Å². The summed E-state index contributed by atoms with van der Waals surface area (Å²) in [6.45, 7) is 6.63. The molecule has 9 heteroatoms. The van der Waals surface area contributed by atoms with Gasteiger partial charge in [0.15, 0.2) is 0 Å². The van der Waals surface area contributed by atoms with Gasteiger partial charge in [0.25, 0.3) is 11.6 Å². The van der Waals surface area contributed by atoms with Crippen molar-refractivity contribution < 1.29 is 23.2 Å². The van der Waals surface area contributed by atoms with Crippen molar-refractivity contribution in [3.63, 3.8) is 0 Å². The Bertz CT molecular complexity index is 1110. The van der Waals surface area contributed by atoms with Gasteiger partial charge in [-0.1, -0.05) is 54.3 Å². The standard InChI is InChI=1S/C26H32F2N3O3P/c1-25(2,3)14-23(33)30-10-11-31(20(15-30)16-32)24(34)21-13-18(8-9-22(21)29-4)17-6-5-7-19(12-17)26(27,28)35/h5-9,12-13,16,20,29H,10-11,14-15,35H2,1-4H3. The van der Waals surface area contributed by atoms with Crippen molar-refractivity contribution in [2.24, 2.45) is 5.41 Å². The van der Waals surface area contributed by atoms with Gasteiger partial charge in [0, 0.05) is 44.4 Å². The minimum Gasteiger partial charge on any atom is -0.387 e. The van der Waals surface area contributed by atoms with Gasteiger partial charge < -0.3 is 19.9 Å². The third kappa shape index (κ3) is 6.43. The molecule has 0 aliphatic carbocycles. The van der Waals surface area contributed by atoms with Crippen LogP contribution in [0.4, 0.5) is 14.5 Å². The summed E-state index contributed by atoms with van der Waals surface area (Å²) in [6, 6.07) is 10.3. The predicted molar refractivity (Wildman–Crippen MR) is 137 cm³/mol. The molecule has 0 saturated carbocycles. The van der Waals surface area contributed by atoms with E-state index in [0.29, 0.717) is 41.6 Å². The summed E-state index contributed by atoms with van der Waals surface area (Å²) in [5, 5.41) is 2.99. The Hall–Kier alpha value is -2.86. The Kier molecular flexibility index (Phi) is 7.95. The Labute approximate surface area is 207 Å². The largest absolute Gasteiger partial charge is 0.387 e. The lowest BCUT2D eigenvalue weighted by Gasteiger charge is -2.40. The van der Waals surface area contributed by atoms with E-state index in [-0.39, 0.29) is 35.9 Å². The summed E-state index contributed by atoms with van der Waals surface area (Å²) >= 11 is 0. The molecule has 2 unspecified atom stereocenters. The summed E-state index contributed by atoms with van der Waals surface area (Å²) in [5.41, 5.74) is -1.36. The number of rotatable bonds is 6. The molecule has 2 amide bonds. The summed E-state index contributed by atoms with van der Waals surface area (Å²) in [7, 11) is 3.21. The summed E-state index contributed by atoms with van der Waals surface area (Å²) < 4.78 is 27.6. The molecule has 35 heavy (non-hydrogen) atoms. The molecule has 1 fully saturated rings. The van der Waals surface area contributed by atoms with Crippen LogP contribution in [0.5, 0.6) is 0 Å². The van der Waals surface area contributed by atoms with E-state index < -0.39 is 11.7 Å². The molecule has 188 valence electrons. The van der Waals surface area contributed by atoms with Gasteiger partial charge in [-0.2, -0.15) is 8.78 Å². The van der Waals surface area contributed by atoms with Gasteiger partial charge in [0.1, 0.15) is 12.3 Å². The fourth-order valence-electron chi connectivity index (χ4n) is 4.15. The van der Waals surface area contributed by atoms with E-state index >= 15 is 0 Å². The first-order valence-electron chi connectivity index (χ1n) is 11.5. The number of carbonyl (C=O) groups is 3. The van der Waals surface area contributed by atoms with Crippen LogP contribution in [-0.2, 0) is 15.3 Å². The number of piperazine rings is 1. The van der Waals surface area contributed by atoms with E-state index in [1.165, 1.54) is 26.3 Å². The molecule has 0 bridgehead atoms. The zero-order chi connectivity index (χ0) is 26.0. The van der Waals surface area contributed by atoms with Gasteiger partial charge in [-0.25, -0.2) is 0 Å². The summed E-state index contributed by atoms with van der Waals surface area (Å²) in [5.74, 6) is -0.399. The molecule has 1 N–H and O–H groups in total. The highest BCUT2D eigenvalue weighted by atomic mass is 31.0. The Morgan fingerprint density at radius 2 is 1.80 bits per heavy atom. The molecule has 1 aliphatic heterocycles. The molecule has 0 aromatic heterocycles. The third-order valence-electron chi connectivity index (χ3n) is 5.97. The fourth-order valence-corrected chi connectivity index (χ4v) is 4.33. The zero-order valence-electron chi connectivity index (χ0n) is 20.5. The lowest BCUT2D eigenvalue weighted by Crippen LogP contribution is -2.57. The molecular formula is C26H32F2N3O3P. The molecule has 3 rings (SSSR count). The quantitative estimate of drug-likeness (QED) is 0.462. The number of nitrogens with zero attached hydrogens (tertiary/aromatic N) is 2. The van der Waals surface area contributed by atoms with Crippen LogP contribution in [0, 0.1) is 5.41 Å². The molecule has 1 heterocycles. The van der Waals surface area contributed by atoms with Gasteiger partial charge >= 0.3 is 0 Å². The lowest BCUT2D eigenvalue weighted by molar-refractivity contribution is -0.136. The van der Waals surface area contributed by atoms with E-state index in [9.17, 15) is 23.2 Å². The highest BCUT2D eigenvalue weighted by molar-refractivity contribution is 7.17. The number of hydrogen-bond acceptors (Lipinski definition) is 4. The molecule has 2 atom stereocenters. The monoisotopic (exact) mass is 503 g/mol. The number of benzene rings is 2. The summed E-state index contributed by atoms with van der Waals surface area (Å²) in [6.07, 6.45) is 1.05. The Balaban J connectivity index is 1.89. The first kappa shape index (κ1) is 26.7. The Morgan fingerprint density at radius 3 is 2.40 bits per heavy atom. The smallest absolute Gasteiger partial charge is 0.283 e. The van der Waals surface area contributed by atoms with Crippen LogP contribution in [0.15, 0.2) is 42.5 Å². The minimum absolute atomic E-state index is 0.0415. The van der Waals surface area contributed by atoms with Crippen molar-refractivity contribution >= 4 is 33.0 Å². The number of anilines is 1. The van der Waals surface area contributed by atoms with Crippen LogP contribution in [0.1, 0.15) is 43.1 Å². The van der Waals surface area contributed by atoms with Crippen molar-refractivity contribution in [2.75, 3.05) is 32.0 Å². The molecule has 2 aromatic carbocycles. The normalized spacial score (nSPS) is 16.7. The maximum atomic E-state index is 13.8. The molecule has 6 nitrogen and oxygen atoms in total. The van der Waals surface area contributed by atoms with E-state index in [0.717, 1.165) is 0 Å². The van der Waals surface area contributed by atoms with Gasteiger partial charge in [-0.05, 0) is 34.7 Å². The van der Waals surface area contributed by atoms with E-state index in [1.54, 1.807) is 42.3 Å². The van der Waals surface area contributed by atoms with Crippen molar-refractivity contribution in [3.05, 3.63) is 53.6 Å². The molecule has 0 radical (unpaired) electrons. The van der Waals surface area contributed by atoms with Gasteiger partial charge in [0.05, 0.1) is 5.56 Å². The number of alkyl halides is 2. The number of carbonyl (C=O) groups excluding carboxylic acids is 3. The first-order chi connectivity index (χ1) is 16.3. The van der Waals surface area contributed by atoms with Crippen molar-refractivity contribution in [1.29, 1.82) is 0 Å². The molecule has 2 aromatic rings. The second-order valence-electron chi connectivity index (χ2n) is 9.99. The second kappa shape index (κ2) is 10.4. The molecule has 1 saturated heterocycles. The average Bonchev–Trinajstić information content (AvgIpc) is 2.81.